The van der Waals surface area contributed by atoms with Crippen LogP contribution < -0.4 is 11.3 Å². The number of hydrogen-bond acceptors (Lipinski definition) is 4. The van der Waals surface area contributed by atoms with Crippen molar-refractivity contribution >= 4 is 44.3 Å². The van der Waals surface area contributed by atoms with Crippen molar-refractivity contribution in [3.8, 4) is 0 Å². The Morgan fingerprint density at radius 1 is 1.40 bits per heavy atom. The fraction of sp³-hybridized carbons (Fsp3) is 0.111. The molecule has 4 nitrogen and oxygen atoms in total. The van der Waals surface area contributed by atoms with Gasteiger partial charge in [0, 0.05) is 14.9 Å². The molecule has 6 heteroatoms. The van der Waals surface area contributed by atoms with Gasteiger partial charge < -0.3 is 5.43 Å². The maximum absolute atomic E-state index is 5.94. The summed E-state index contributed by atoms with van der Waals surface area (Å²) in [7, 11) is 0. The number of aryl methyl sites for hydroxylation is 1. The molecule has 0 unspecified atom stereocenters. The van der Waals surface area contributed by atoms with Crippen LogP contribution in [-0.4, -0.2) is 9.97 Å². The summed E-state index contributed by atoms with van der Waals surface area (Å²) in [5.41, 5.74) is 3.33. The van der Waals surface area contributed by atoms with E-state index in [0.717, 1.165) is 15.4 Å². The first-order valence-corrected chi connectivity index (χ1v) is 5.39. The number of nitrogen functional groups attached to an aromatic ring is 1. The maximum atomic E-state index is 5.94. The molecule has 2 aromatic rings. The van der Waals surface area contributed by atoms with Crippen molar-refractivity contribution in [2.75, 3.05) is 5.43 Å². The zero-order valence-electron chi connectivity index (χ0n) is 7.88. The second-order valence-electron chi connectivity index (χ2n) is 3.05. The largest absolute Gasteiger partial charge is 0.308 e. The van der Waals surface area contributed by atoms with Crippen LogP contribution in [0.2, 0.25) is 5.02 Å². The van der Waals surface area contributed by atoms with Crippen molar-refractivity contribution < 1.29 is 0 Å². The summed E-state index contributed by atoms with van der Waals surface area (Å²) in [4.78, 5) is 8.49. The number of fused-ring (bicyclic) bond motifs is 1. The van der Waals surface area contributed by atoms with Gasteiger partial charge in [-0.3, -0.25) is 0 Å². The minimum absolute atomic E-state index is 0.570. The smallest absolute Gasteiger partial charge is 0.151 e. The standard InChI is InChI=1S/C9H8BrClN4/c1-4-13-8-6(9(14-4)15-12)2-5(11)3-7(8)10/h2-3H,12H2,1H3,(H,13,14,15). The van der Waals surface area contributed by atoms with Crippen molar-refractivity contribution in [3.05, 3.63) is 27.5 Å². The molecule has 0 saturated carbocycles. The van der Waals surface area contributed by atoms with E-state index in [-0.39, 0.29) is 0 Å². The van der Waals surface area contributed by atoms with Crippen LogP contribution in [0.25, 0.3) is 10.9 Å². The summed E-state index contributed by atoms with van der Waals surface area (Å²) in [5.74, 6) is 6.61. The van der Waals surface area contributed by atoms with E-state index in [1.807, 2.05) is 0 Å². The topological polar surface area (TPSA) is 63.8 Å². The first kappa shape index (κ1) is 10.6. The molecule has 0 radical (unpaired) electrons. The van der Waals surface area contributed by atoms with E-state index in [4.69, 9.17) is 17.4 Å². The van der Waals surface area contributed by atoms with E-state index in [0.29, 0.717) is 16.7 Å². The predicted molar refractivity (Wildman–Crippen MR) is 64.8 cm³/mol. The lowest BCUT2D eigenvalue weighted by atomic mass is 10.2. The van der Waals surface area contributed by atoms with E-state index in [1.165, 1.54) is 0 Å². The van der Waals surface area contributed by atoms with Crippen LogP contribution in [0, 0.1) is 6.92 Å². The van der Waals surface area contributed by atoms with Crippen LogP contribution in [0.15, 0.2) is 16.6 Å². The predicted octanol–water partition coefficient (Wildman–Crippen LogP) is 2.64. The van der Waals surface area contributed by atoms with Gasteiger partial charge in [-0.25, -0.2) is 15.8 Å². The van der Waals surface area contributed by atoms with Gasteiger partial charge in [-0.2, -0.15) is 0 Å². The SMILES string of the molecule is Cc1nc(NN)c2cc(Cl)cc(Br)c2n1. The van der Waals surface area contributed by atoms with E-state index < -0.39 is 0 Å². The molecule has 1 heterocycles. The van der Waals surface area contributed by atoms with Crippen molar-refractivity contribution in [2.45, 2.75) is 6.92 Å². The van der Waals surface area contributed by atoms with Gasteiger partial charge in [0.25, 0.3) is 0 Å². The van der Waals surface area contributed by atoms with Crippen LogP contribution >= 0.6 is 27.5 Å². The van der Waals surface area contributed by atoms with Crippen LogP contribution in [0.4, 0.5) is 5.82 Å². The number of nitrogens with one attached hydrogen (secondary N) is 1. The second-order valence-corrected chi connectivity index (χ2v) is 4.34. The first-order valence-electron chi connectivity index (χ1n) is 4.22. The molecule has 0 amide bonds. The van der Waals surface area contributed by atoms with E-state index in [9.17, 15) is 0 Å². The number of hydrazine groups is 1. The average Bonchev–Trinajstić information content (AvgIpc) is 2.18. The fourth-order valence-corrected chi connectivity index (χ4v) is 2.28. The van der Waals surface area contributed by atoms with Crippen LogP contribution in [0.3, 0.4) is 0 Å². The highest BCUT2D eigenvalue weighted by Crippen LogP contribution is 2.30. The van der Waals surface area contributed by atoms with E-state index in [1.54, 1.807) is 19.1 Å². The normalized spacial score (nSPS) is 10.7. The van der Waals surface area contributed by atoms with E-state index >= 15 is 0 Å². The fourth-order valence-electron chi connectivity index (χ4n) is 1.38. The summed E-state index contributed by atoms with van der Waals surface area (Å²) in [6.45, 7) is 1.81. The Labute approximate surface area is 99.9 Å². The molecule has 0 aliphatic carbocycles. The van der Waals surface area contributed by atoms with Crippen molar-refractivity contribution in [1.29, 1.82) is 0 Å². The molecule has 0 spiro atoms. The van der Waals surface area contributed by atoms with Gasteiger partial charge in [-0.15, -0.1) is 0 Å². The molecule has 15 heavy (non-hydrogen) atoms. The van der Waals surface area contributed by atoms with Gasteiger partial charge in [0.05, 0.1) is 5.52 Å². The lowest BCUT2D eigenvalue weighted by Crippen LogP contribution is -2.10. The Kier molecular flexibility index (Phi) is 2.77. The number of halogens is 2. The number of hydrogen-bond donors (Lipinski definition) is 2. The van der Waals surface area contributed by atoms with Gasteiger partial charge in [-0.1, -0.05) is 11.6 Å². The average molecular weight is 288 g/mol. The van der Waals surface area contributed by atoms with Crippen molar-refractivity contribution in [2.24, 2.45) is 5.84 Å². The second kappa shape index (κ2) is 3.92. The zero-order chi connectivity index (χ0) is 11.0. The van der Waals surface area contributed by atoms with Crippen LogP contribution in [0.5, 0.6) is 0 Å². The summed E-state index contributed by atoms with van der Waals surface area (Å²) in [5, 5.41) is 1.40. The number of rotatable bonds is 1. The van der Waals surface area contributed by atoms with Crippen molar-refractivity contribution in [3.63, 3.8) is 0 Å². The lowest BCUT2D eigenvalue weighted by molar-refractivity contribution is 1.08. The van der Waals surface area contributed by atoms with Gasteiger partial charge >= 0.3 is 0 Å². The van der Waals surface area contributed by atoms with Gasteiger partial charge in [0.2, 0.25) is 0 Å². The van der Waals surface area contributed by atoms with Gasteiger partial charge in [-0.05, 0) is 35.0 Å². The molecule has 0 saturated heterocycles. The minimum Gasteiger partial charge on any atom is -0.308 e. The first-order chi connectivity index (χ1) is 7.11. The maximum Gasteiger partial charge on any atom is 0.151 e. The summed E-state index contributed by atoms with van der Waals surface area (Å²) < 4.78 is 0.826. The van der Waals surface area contributed by atoms with Crippen LogP contribution in [0.1, 0.15) is 5.82 Å². The zero-order valence-corrected chi connectivity index (χ0v) is 10.2. The molecule has 2 rings (SSSR count). The molecule has 1 aromatic carbocycles. The number of nitrogens with two attached hydrogens (primary N) is 1. The molecule has 0 bridgehead atoms. The van der Waals surface area contributed by atoms with E-state index in [2.05, 4.69) is 31.3 Å². The number of benzene rings is 1. The Morgan fingerprint density at radius 2 is 2.13 bits per heavy atom. The lowest BCUT2D eigenvalue weighted by Gasteiger charge is -2.07. The van der Waals surface area contributed by atoms with Gasteiger partial charge in [0.1, 0.15) is 5.82 Å². The summed E-state index contributed by atoms with van der Waals surface area (Å²) in [6, 6.07) is 3.56. The quantitative estimate of drug-likeness (QED) is 0.625. The Balaban J connectivity index is 2.89. The number of nitrogens with zero attached hydrogens (tertiary/aromatic N) is 2. The molecule has 78 valence electrons. The molecule has 3 N–H and O–H groups in total. The Bertz CT molecular complexity index is 529. The van der Waals surface area contributed by atoms with Crippen molar-refractivity contribution in [1.82, 2.24) is 9.97 Å². The summed E-state index contributed by atoms with van der Waals surface area (Å²) in [6.07, 6.45) is 0. The molecular formula is C9H8BrClN4. The minimum atomic E-state index is 0.570. The number of aromatic nitrogens is 2. The highest BCUT2D eigenvalue weighted by Gasteiger charge is 2.08. The third-order valence-electron chi connectivity index (χ3n) is 1.97. The monoisotopic (exact) mass is 286 g/mol. The molecule has 1 aromatic heterocycles. The highest BCUT2D eigenvalue weighted by molar-refractivity contribution is 9.10. The van der Waals surface area contributed by atoms with Crippen LogP contribution in [-0.2, 0) is 0 Å². The third kappa shape index (κ3) is 1.90. The highest BCUT2D eigenvalue weighted by atomic mass is 79.9. The molecule has 0 atom stereocenters. The Morgan fingerprint density at radius 3 is 2.80 bits per heavy atom. The summed E-state index contributed by atoms with van der Waals surface area (Å²) >= 11 is 9.34. The molecular weight excluding hydrogens is 279 g/mol. The molecule has 0 aliphatic heterocycles. The number of anilines is 1. The molecule has 0 fully saturated rings. The molecule has 0 aliphatic rings. The third-order valence-corrected chi connectivity index (χ3v) is 2.79. The Hall–Kier alpha value is -0.910. The van der Waals surface area contributed by atoms with Gasteiger partial charge in [0.15, 0.2) is 5.82 Å².